The minimum Gasteiger partial charge on any atom is -0.462 e. The predicted octanol–water partition coefficient (Wildman–Crippen LogP) is 3.44. The minimum atomic E-state index is -0.100. The summed E-state index contributed by atoms with van der Waals surface area (Å²) in [5, 5.41) is 0. The van der Waals surface area contributed by atoms with Gasteiger partial charge in [-0.25, -0.2) is 4.79 Å². The standard InChI is InChI=1S/C16H23NO2/c1-3-12-13-9-5-7-11-8-6-10-14(17(11)13)15(12)16(18)19-4-2/h11H,3-10H2,1-2H3/t11-/m1/s1. The quantitative estimate of drug-likeness (QED) is 0.780. The molecule has 0 bridgehead atoms. The van der Waals surface area contributed by atoms with Crippen LogP contribution in [-0.2, 0) is 24.0 Å². The summed E-state index contributed by atoms with van der Waals surface area (Å²) in [6.45, 7) is 4.50. The van der Waals surface area contributed by atoms with Crippen molar-refractivity contribution in [2.75, 3.05) is 6.61 Å². The van der Waals surface area contributed by atoms with Crippen molar-refractivity contribution in [1.82, 2.24) is 4.57 Å². The van der Waals surface area contributed by atoms with Crippen molar-refractivity contribution in [1.29, 1.82) is 0 Å². The molecule has 3 rings (SSSR count). The predicted molar refractivity (Wildman–Crippen MR) is 74.7 cm³/mol. The average Bonchev–Trinajstić information content (AvgIpc) is 2.76. The Hall–Kier alpha value is -1.25. The molecule has 0 saturated heterocycles. The third-order valence-electron chi connectivity index (χ3n) is 4.62. The lowest BCUT2D eigenvalue weighted by atomic mass is 9.94. The van der Waals surface area contributed by atoms with Gasteiger partial charge < -0.3 is 9.30 Å². The molecule has 1 aromatic heterocycles. The maximum Gasteiger partial charge on any atom is 0.340 e. The SMILES string of the molecule is CCOC(=O)c1c(CC)c2n3c1CCC[C@H]3CCC2. The molecule has 3 heterocycles. The molecule has 2 aliphatic heterocycles. The van der Waals surface area contributed by atoms with E-state index in [9.17, 15) is 4.79 Å². The molecule has 0 radical (unpaired) electrons. The van der Waals surface area contributed by atoms with E-state index in [1.165, 1.54) is 42.6 Å². The molecule has 0 aromatic carbocycles. The molecule has 1 aromatic rings. The minimum absolute atomic E-state index is 0.100. The summed E-state index contributed by atoms with van der Waals surface area (Å²) in [4.78, 5) is 12.3. The van der Waals surface area contributed by atoms with Crippen molar-refractivity contribution < 1.29 is 9.53 Å². The van der Waals surface area contributed by atoms with Gasteiger partial charge in [0.15, 0.2) is 0 Å². The van der Waals surface area contributed by atoms with Crippen molar-refractivity contribution in [3.8, 4) is 0 Å². The third-order valence-corrected chi connectivity index (χ3v) is 4.62. The van der Waals surface area contributed by atoms with Crippen LogP contribution in [0.3, 0.4) is 0 Å². The van der Waals surface area contributed by atoms with E-state index in [0.717, 1.165) is 24.8 Å². The highest BCUT2D eigenvalue weighted by Gasteiger charge is 2.33. The maximum absolute atomic E-state index is 12.3. The fraction of sp³-hybridized carbons (Fsp3) is 0.688. The number of aromatic nitrogens is 1. The molecule has 0 fully saturated rings. The number of carbonyl (C=O) groups is 1. The van der Waals surface area contributed by atoms with Crippen LogP contribution in [-0.4, -0.2) is 17.1 Å². The number of hydrogen-bond acceptors (Lipinski definition) is 2. The molecule has 0 aliphatic carbocycles. The smallest absolute Gasteiger partial charge is 0.340 e. The summed E-state index contributed by atoms with van der Waals surface area (Å²) in [6, 6.07) is 0.640. The second-order valence-corrected chi connectivity index (χ2v) is 5.63. The van der Waals surface area contributed by atoms with Gasteiger partial charge in [-0.1, -0.05) is 6.92 Å². The number of nitrogens with zero attached hydrogens (tertiary/aromatic N) is 1. The normalized spacial score (nSPS) is 21.1. The molecule has 1 atom stereocenters. The monoisotopic (exact) mass is 261 g/mol. The topological polar surface area (TPSA) is 31.2 Å². The lowest BCUT2D eigenvalue weighted by Crippen LogP contribution is -2.24. The first-order valence-corrected chi connectivity index (χ1v) is 7.69. The Kier molecular flexibility index (Phi) is 3.38. The summed E-state index contributed by atoms with van der Waals surface area (Å²) >= 11 is 0. The van der Waals surface area contributed by atoms with Crippen molar-refractivity contribution in [3.63, 3.8) is 0 Å². The fourth-order valence-electron chi connectivity index (χ4n) is 3.94. The van der Waals surface area contributed by atoms with Crippen LogP contribution in [0.5, 0.6) is 0 Å². The van der Waals surface area contributed by atoms with Crippen molar-refractivity contribution >= 4 is 5.97 Å². The van der Waals surface area contributed by atoms with E-state index in [-0.39, 0.29) is 5.97 Å². The van der Waals surface area contributed by atoms with Gasteiger partial charge in [0.25, 0.3) is 0 Å². The molecule has 0 amide bonds. The highest BCUT2D eigenvalue weighted by molar-refractivity contribution is 5.93. The van der Waals surface area contributed by atoms with E-state index in [1.54, 1.807) is 0 Å². The Morgan fingerprint density at radius 3 is 2.53 bits per heavy atom. The van der Waals surface area contributed by atoms with Crippen LogP contribution >= 0.6 is 0 Å². The number of ether oxygens (including phenoxy) is 1. The van der Waals surface area contributed by atoms with Crippen LogP contribution in [0.1, 0.15) is 72.9 Å². The zero-order valence-corrected chi connectivity index (χ0v) is 12.0. The Morgan fingerprint density at radius 2 is 1.89 bits per heavy atom. The van der Waals surface area contributed by atoms with Gasteiger partial charge in [-0.3, -0.25) is 0 Å². The Morgan fingerprint density at radius 1 is 1.21 bits per heavy atom. The molecule has 0 saturated carbocycles. The Bertz CT molecular complexity index is 499. The zero-order chi connectivity index (χ0) is 13.4. The van der Waals surface area contributed by atoms with E-state index >= 15 is 0 Å². The van der Waals surface area contributed by atoms with Gasteiger partial charge in [0.05, 0.1) is 12.2 Å². The molecule has 0 unspecified atom stereocenters. The molecule has 2 aliphatic rings. The first-order valence-electron chi connectivity index (χ1n) is 7.69. The first kappa shape index (κ1) is 12.8. The van der Waals surface area contributed by atoms with Gasteiger partial charge >= 0.3 is 5.97 Å². The number of hydrogen-bond donors (Lipinski definition) is 0. The molecular formula is C16H23NO2. The van der Waals surface area contributed by atoms with Gasteiger partial charge in [0, 0.05) is 17.4 Å². The van der Waals surface area contributed by atoms with Gasteiger partial charge in [-0.05, 0) is 57.4 Å². The van der Waals surface area contributed by atoms with Gasteiger partial charge in [-0.15, -0.1) is 0 Å². The van der Waals surface area contributed by atoms with Crippen LogP contribution in [0.15, 0.2) is 0 Å². The van der Waals surface area contributed by atoms with Crippen molar-refractivity contribution in [3.05, 3.63) is 22.5 Å². The molecule has 3 heteroatoms. The fourth-order valence-corrected chi connectivity index (χ4v) is 3.94. The van der Waals surface area contributed by atoms with Crippen LogP contribution in [0.4, 0.5) is 0 Å². The summed E-state index contributed by atoms with van der Waals surface area (Å²) in [7, 11) is 0. The van der Waals surface area contributed by atoms with Crippen molar-refractivity contribution in [2.45, 2.75) is 64.8 Å². The summed E-state index contributed by atoms with van der Waals surface area (Å²) in [5.74, 6) is -0.100. The molecule has 19 heavy (non-hydrogen) atoms. The lowest BCUT2D eigenvalue weighted by molar-refractivity contribution is 0.0523. The molecular weight excluding hydrogens is 238 g/mol. The highest BCUT2D eigenvalue weighted by Crippen LogP contribution is 2.40. The highest BCUT2D eigenvalue weighted by atomic mass is 16.5. The number of rotatable bonds is 3. The zero-order valence-electron chi connectivity index (χ0n) is 12.0. The number of carbonyl (C=O) groups excluding carboxylic acids is 1. The van der Waals surface area contributed by atoms with Crippen LogP contribution < -0.4 is 0 Å². The maximum atomic E-state index is 12.3. The second-order valence-electron chi connectivity index (χ2n) is 5.63. The van der Waals surface area contributed by atoms with Crippen LogP contribution in [0.2, 0.25) is 0 Å². The van der Waals surface area contributed by atoms with E-state index in [2.05, 4.69) is 11.5 Å². The summed E-state index contributed by atoms with van der Waals surface area (Å²) < 4.78 is 7.80. The van der Waals surface area contributed by atoms with Crippen molar-refractivity contribution in [2.24, 2.45) is 0 Å². The molecule has 104 valence electrons. The summed E-state index contributed by atoms with van der Waals surface area (Å²) in [5.41, 5.74) is 4.86. The van der Waals surface area contributed by atoms with Crippen LogP contribution in [0.25, 0.3) is 0 Å². The number of esters is 1. The molecule has 0 spiro atoms. The van der Waals surface area contributed by atoms with E-state index in [0.29, 0.717) is 12.6 Å². The third kappa shape index (κ3) is 1.90. The molecule has 3 nitrogen and oxygen atoms in total. The van der Waals surface area contributed by atoms with Gasteiger partial charge in [0.2, 0.25) is 0 Å². The second kappa shape index (κ2) is 5.03. The van der Waals surface area contributed by atoms with E-state index < -0.39 is 0 Å². The first-order chi connectivity index (χ1) is 9.27. The largest absolute Gasteiger partial charge is 0.462 e. The van der Waals surface area contributed by atoms with E-state index in [4.69, 9.17) is 4.74 Å². The summed E-state index contributed by atoms with van der Waals surface area (Å²) in [6.07, 6.45) is 8.15. The van der Waals surface area contributed by atoms with Crippen LogP contribution in [0, 0.1) is 0 Å². The lowest BCUT2D eigenvalue weighted by Gasteiger charge is -2.32. The molecule has 0 N–H and O–H groups in total. The Labute approximate surface area is 114 Å². The van der Waals surface area contributed by atoms with Gasteiger partial charge in [-0.2, -0.15) is 0 Å². The van der Waals surface area contributed by atoms with Gasteiger partial charge in [0.1, 0.15) is 0 Å². The Balaban J connectivity index is 2.16. The average molecular weight is 261 g/mol. The van der Waals surface area contributed by atoms with E-state index in [1.807, 2.05) is 6.92 Å².